The zero-order valence-corrected chi connectivity index (χ0v) is 18.9. The number of hydrogen-bond acceptors (Lipinski definition) is 2. The van der Waals surface area contributed by atoms with E-state index in [2.05, 4.69) is 60.2 Å². The van der Waals surface area contributed by atoms with Crippen LogP contribution in [0.5, 0.6) is 0 Å². The van der Waals surface area contributed by atoms with E-state index in [9.17, 15) is 9.59 Å². The number of rotatable bonds is 5. The predicted octanol–water partition coefficient (Wildman–Crippen LogP) is 6.33. The normalized spacial score (nSPS) is 11.4. The van der Waals surface area contributed by atoms with Gasteiger partial charge in [0.1, 0.15) is 0 Å². The summed E-state index contributed by atoms with van der Waals surface area (Å²) in [5, 5.41) is 15.6. The minimum atomic E-state index is -1.04. The zero-order chi connectivity index (χ0) is 23.6. The van der Waals surface area contributed by atoms with Gasteiger partial charge in [0.25, 0.3) is 0 Å². The highest BCUT2D eigenvalue weighted by atomic mass is 16.4. The fourth-order valence-electron chi connectivity index (χ4n) is 3.75. The van der Waals surface area contributed by atoms with E-state index in [0.717, 1.165) is 17.4 Å². The van der Waals surface area contributed by atoms with Crippen molar-refractivity contribution in [3.05, 3.63) is 95.7 Å². The quantitative estimate of drug-likeness (QED) is 0.338. The van der Waals surface area contributed by atoms with Crippen LogP contribution in [0.3, 0.4) is 0 Å². The number of carbonyl (C=O) groups is 2. The summed E-state index contributed by atoms with van der Waals surface area (Å²) in [5.41, 5.74) is 4.93. The summed E-state index contributed by atoms with van der Waals surface area (Å²) in [5.74, 6) is -1.04. The van der Waals surface area contributed by atoms with Crippen LogP contribution in [-0.2, 0) is 12.0 Å². The highest BCUT2D eigenvalue weighted by Crippen LogP contribution is 2.24. The molecule has 0 aliphatic heterocycles. The van der Waals surface area contributed by atoms with E-state index in [-0.39, 0.29) is 11.0 Å². The minimum absolute atomic E-state index is 0.114. The van der Waals surface area contributed by atoms with Crippen molar-refractivity contribution in [1.29, 1.82) is 0 Å². The van der Waals surface area contributed by atoms with Crippen LogP contribution in [0.4, 0.5) is 16.2 Å². The fraction of sp³-hybridized carbons (Fsp3) is 0.185. The summed E-state index contributed by atoms with van der Waals surface area (Å²) in [7, 11) is 0. The molecule has 3 N–H and O–H groups in total. The van der Waals surface area contributed by atoms with Crippen molar-refractivity contribution in [2.45, 2.75) is 32.7 Å². The number of aromatic nitrogens is 1. The van der Waals surface area contributed by atoms with Crippen molar-refractivity contribution in [3.63, 3.8) is 0 Å². The molecule has 168 valence electrons. The van der Waals surface area contributed by atoms with Gasteiger partial charge in [0, 0.05) is 35.0 Å². The van der Waals surface area contributed by atoms with E-state index in [0.29, 0.717) is 11.4 Å². The van der Waals surface area contributed by atoms with Crippen LogP contribution in [0.15, 0.2) is 79.0 Å². The average molecular weight is 442 g/mol. The molecule has 0 atom stereocenters. The molecule has 0 saturated heterocycles. The lowest BCUT2D eigenvalue weighted by molar-refractivity contribution is 0.0697. The second-order valence-electron chi connectivity index (χ2n) is 9.13. The number of carboxylic acids is 1. The van der Waals surface area contributed by atoms with Crippen molar-refractivity contribution >= 4 is 34.3 Å². The Balaban J connectivity index is 1.45. The molecule has 0 unspecified atom stereocenters. The minimum Gasteiger partial charge on any atom is -0.478 e. The molecule has 0 aliphatic carbocycles. The maximum atomic E-state index is 12.4. The molecule has 2 amide bonds. The van der Waals surface area contributed by atoms with Crippen LogP contribution in [0.1, 0.15) is 42.3 Å². The van der Waals surface area contributed by atoms with Crippen molar-refractivity contribution in [3.8, 4) is 0 Å². The standard InChI is InChI=1S/C27H27N3O3/c1-27(2,3)21-9-7-18(8-10-21)17-30-14-13-19-15-23(11-12-24(19)30)29-26(33)28-22-6-4-5-20(16-22)25(31)32/h4-16H,17H2,1-3H3,(H,31,32)(H2,28,29,33). The SMILES string of the molecule is CC(C)(C)c1ccc(Cn2ccc3cc(NC(=O)Nc4cccc(C(=O)O)c4)ccc32)cc1. The van der Waals surface area contributed by atoms with Crippen LogP contribution in [-0.4, -0.2) is 21.7 Å². The van der Waals surface area contributed by atoms with Gasteiger partial charge in [0.15, 0.2) is 0 Å². The molecule has 3 aromatic carbocycles. The van der Waals surface area contributed by atoms with Crippen LogP contribution in [0.25, 0.3) is 10.9 Å². The smallest absolute Gasteiger partial charge is 0.335 e. The molecule has 1 aromatic heterocycles. The summed E-state index contributed by atoms with van der Waals surface area (Å²) in [6.07, 6.45) is 2.05. The Hall–Kier alpha value is -4.06. The van der Waals surface area contributed by atoms with E-state index in [1.165, 1.54) is 23.3 Å². The van der Waals surface area contributed by atoms with Gasteiger partial charge in [0.05, 0.1) is 5.56 Å². The highest BCUT2D eigenvalue weighted by molar-refractivity contribution is 6.01. The molecular formula is C27H27N3O3. The lowest BCUT2D eigenvalue weighted by Gasteiger charge is -2.19. The molecule has 6 heteroatoms. The van der Waals surface area contributed by atoms with Gasteiger partial charge < -0.3 is 20.3 Å². The number of anilines is 2. The molecule has 33 heavy (non-hydrogen) atoms. The Morgan fingerprint density at radius 3 is 2.24 bits per heavy atom. The second-order valence-corrected chi connectivity index (χ2v) is 9.13. The van der Waals surface area contributed by atoms with Gasteiger partial charge in [0.2, 0.25) is 0 Å². The number of benzene rings is 3. The molecule has 1 heterocycles. The zero-order valence-electron chi connectivity index (χ0n) is 18.9. The third kappa shape index (κ3) is 5.23. The highest BCUT2D eigenvalue weighted by Gasteiger charge is 2.13. The number of carbonyl (C=O) groups excluding carboxylic acids is 1. The molecule has 6 nitrogen and oxygen atoms in total. The summed E-state index contributed by atoms with van der Waals surface area (Å²) in [6, 6.07) is 22.2. The molecule has 0 aliphatic rings. The van der Waals surface area contributed by atoms with Gasteiger partial charge in [-0.15, -0.1) is 0 Å². The maximum Gasteiger partial charge on any atom is 0.335 e. The Labute approximate surface area is 192 Å². The van der Waals surface area contributed by atoms with E-state index < -0.39 is 12.0 Å². The molecule has 0 spiro atoms. The van der Waals surface area contributed by atoms with E-state index in [1.807, 2.05) is 30.5 Å². The molecule has 0 fully saturated rings. The van der Waals surface area contributed by atoms with Crippen molar-refractivity contribution in [2.75, 3.05) is 10.6 Å². The first kappa shape index (κ1) is 22.1. The number of carboxylic acid groups (broad SMARTS) is 1. The molecular weight excluding hydrogens is 414 g/mol. The monoisotopic (exact) mass is 441 g/mol. The van der Waals surface area contributed by atoms with E-state index >= 15 is 0 Å². The van der Waals surface area contributed by atoms with Gasteiger partial charge in [-0.2, -0.15) is 0 Å². The topological polar surface area (TPSA) is 83.4 Å². The molecule has 0 bridgehead atoms. The Morgan fingerprint density at radius 2 is 1.58 bits per heavy atom. The first-order valence-corrected chi connectivity index (χ1v) is 10.8. The third-order valence-electron chi connectivity index (χ3n) is 5.57. The van der Waals surface area contributed by atoms with Gasteiger partial charge in [-0.1, -0.05) is 51.1 Å². The predicted molar refractivity (Wildman–Crippen MR) is 132 cm³/mol. The lowest BCUT2D eigenvalue weighted by Crippen LogP contribution is -2.19. The largest absolute Gasteiger partial charge is 0.478 e. The average Bonchev–Trinajstić information content (AvgIpc) is 3.15. The molecule has 0 saturated carbocycles. The van der Waals surface area contributed by atoms with Crippen LogP contribution < -0.4 is 10.6 Å². The molecule has 4 aromatic rings. The van der Waals surface area contributed by atoms with E-state index in [1.54, 1.807) is 12.1 Å². The number of amides is 2. The molecule has 0 radical (unpaired) electrons. The lowest BCUT2D eigenvalue weighted by atomic mass is 9.87. The first-order chi connectivity index (χ1) is 15.7. The van der Waals surface area contributed by atoms with Crippen LogP contribution in [0.2, 0.25) is 0 Å². The molecule has 4 rings (SSSR count). The summed E-state index contributed by atoms with van der Waals surface area (Å²) in [4.78, 5) is 23.5. The Bertz CT molecular complexity index is 1310. The maximum absolute atomic E-state index is 12.4. The van der Waals surface area contributed by atoms with Crippen molar-refractivity contribution < 1.29 is 14.7 Å². The van der Waals surface area contributed by atoms with Crippen LogP contribution >= 0.6 is 0 Å². The van der Waals surface area contributed by atoms with E-state index in [4.69, 9.17) is 5.11 Å². The summed E-state index contributed by atoms with van der Waals surface area (Å²) < 4.78 is 2.18. The second kappa shape index (κ2) is 8.82. The first-order valence-electron chi connectivity index (χ1n) is 10.8. The Kier molecular flexibility index (Phi) is 5.92. The third-order valence-corrected chi connectivity index (χ3v) is 5.57. The number of urea groups is 1. The number of hydrogen-bond donors (Lipinski definition) is 3. The Morgan fingerprint density at radius 1 is 0.879 bits per heavy atom. The van der Waals surface area contributed by atoms with Gasteiger partial charge >= 0.3 is 12.0 Å². The number of nitrogens with one attached hydrogen (secondary N) is 2. The van der Waals surface area contributed by atoms with Gasteiger partial charge in [-0.3, -0.25) is 0 Å². The number of nitrogens with zero attached hydrogens (tertiary/aromatic N) is 1. The van der Waals surface area contributed by atoms with Crippen LogP contribution in [0, 0.1) is 0 Å². The van der Waals surface area contributed by atoms with Crippen molar-refractivity contribution in [2.24, 2.45) is 0 Å². The van der Waals surface area contributed by atoms with Crippen molar-refractivity contribution in [1.82, 2.24) is 4.57 Å². The van der Waals surface area contributed by atoms with Gasteiger partial charge in [-0.25, -0.2) is 9.59 Å². The van der Waals surface area contributed by atoms with Gasteiger partial charge in [-0.05, 0) is 59.0 Å². The summed E-state index contributed by atoms with van der Waals surface area (Å²) >= 11 is 0. The fourth-order valence-corrected chi connectivity index (χ4v) is 3.75. The summed E-state index contributed by atoms with van der Waals surface area (Å²) in [6.45, 7) is 7.39. The number of aromatic carboxylic acids is 1. The number of fused-ring (bicyclic) bond motifs is 1.